The van der Waals surface area contributed by atoms with E-state index in [4.69, 9.17) is 11.6 Å². The molecule has 0 radical (unpaired) electrons. The van der Waals surface area contributed by atoms with E-state index in [0.29, 0.717) is 17.9 Å². The van der Waals surface area contributed by atoms with Crippen LogP contribution in [-0.2, 0) is 9.59 Å². The van der Waals surface area contributed by atoms with E-state index in [-0.39, 0.29) is 24.4 Å². The molecule has 2 aliphatic rings. The first-order chi connectivity index (χ1) is 14.4. The van der Waals surface area contributed by atoms with Crippen LogP contribution in [0.4, 0.5) is 4.79 Å². The first-order valence-corrected chi connectivity index (χ1v) is 11.4. The van der Waals surface area contributed by atoms with Crippen LogP contribution in [0.5, 0.6) is 0 Å². The molecule has 8 heteroatoms. The molecule has 1 unspecified atom stereocenters. The second-order valence-corrected chi connectivity index (χ2v) is 9.31. The minimum atomic E-state index is -0.779. The van der Waals surface area contributed by atoms with Crippen molar-refractivity contribution in [3.05, 3.63) is 57.2 Å². The van der Waals surface area contributed by atoms with E-state index in [1.165, 1.54) is 16.2 Å². The Morgan fingerprint density at radius 2 is 1.87 bits per heavy atom. The number of carbonyl (C=O) groups excluding carboxylic acids is 3. The molecule has 4 rings (SSSR count). The third kappa shape index (κ3) is 3.72. The normalized spacial score (nSPS) is 19.4. The molecule has 1 saturated carbocycles. The van der Waals surface area contributed by atoms with Crippen molar-refractivity contribution in [2.45, 2.75) is 43.7 Å². The Bertz CT molecular complexity index is 939. The lowest BCUT2D eigenvalue weighted by atomic mass is 9.81. The van der Waals surface area contributed by atoms with Crippen molar-refractivity contribution >= 4 is 40.8 Å². The van der Waals surface area contributed by atoms with Crippen LogP contribution in [0.3, 0.4) is 0 Å². The molecule has 2 fully saturated rings. The number of likely N-dealkylation sites (N-methyl/N-ethyl adjacent to an activating group) is 1. The Hall–Kier alpha value is -2.38. The summed E-state index contributed by atoms with van der Waals surface area (Å²) >= 11 is 7.54. The molecule has 4 amide bonds. The predicted octanol–water partition coefficient (Wildman–Crippen LogP) is 4.20. The monoisotopic (exact) mass is 445 g/mol. The number of nitrogens with zero attached hydrogens (tertiary/aromatic N) is 2. The van der Waals surface area contributed by atoms with E-state index >= 15 is 0 Å². The SMILES string of the molecule is CN1C(=O)N(CC(=O)NC(c2ccc(Cl)cc2)c2cccs2)C(=O)C12CCCCC2. The summed E-state index contributed by atoms with van der Waals surface area (Å²) in [4.78, 5) is 42.4. The van der Waals surface area contributed by atoms with Crippen LogP contribution in [0, 0.1) is 0 Å². The molecule has 1 aromatic heterocycles. The average molecular weight is 446 g/mol. The maximum absolute atomic E-state index is 13.1. The average Bonchev–Trinajstić information content (AvgIpc) is 3.34. The van der Waals surface area contributed by atoms with Crippen LogP contribution < -0.4 is 5.32 Å². The van der Waals surface area contributed by atoms with Gasteiger partial charge in [-0.25, -0.2) is 4.79 Å². The standard InChI is InChI=1S/C22H24ClN3O3S/c1-25-21(29)26(20(28)22(25)11-3-2-4-12-22)14-18(27)24-19(17-6-5-13-30-17)15-7-9-16(23)10-8-15/h5-10,13,19H,2-4,11-12,14H2,1H3,(H,24,27). The molecule has 1 aliphatic carbocycles. The number of benzene rings is 1. The molecule has 30 heavy (non-hydrogen) atoms. The van der Waals surface area contributed by atoms with Crippen molar-refractivity contribution in [2.75, 3.05) is 13.6 Å². The molecule has 2 heterocycles. The number of carbonyl (C=O) groups is 3. The number of hydrogen-bond donors (Lipinski definition) is 1. The topological polar surface area (TPSA) is 69.7 Å². The quantitative estimate of drug-likeness (QED) is 0.701. The molecule has 1 spiro atoms. The van der Waals surface area contributed by atoms with Crippen molar-refractivity contribution in [3.63, 3.8) is 0 Å². The maximum Gasteiger partial charge on any atom is 0.327 e. The third-order valence-electron chi connectivity index (χ3n) is 6.12. The van der Waals surface area contributed by atoms with Gasteiger partial charge in [0.1, 0.15) is 12.1 Å². The minimum absolute atomic E-state index is 0.246. The third-order valence-corrected chi connectivity index (χ3v) is 7.31. The Labute approximate surface area is 184 Å². The van der Waals surface area contributed by atoms with E-state index in [0.717, 1.165) is 34.6 Å². The second kappa shape index (κ2) is 8.40. The molecule has 1 N–H and O–H groups in total. The van der Waals surface area contributed by atoms with E-state index in [2.05, 4.69) is 5.32 Å². The van der Waals surface area contributed by atoms with Crippen molar-refractivity contribution in [2.24, 2.45) is 0 Å². The van der Waals surface area contributed by atoms with Crippen molar-refractivity contribution in [3.8, 4) is 0 Å². The Balaban J connectivity index is 1.52. The van der Waals surface area contributed by atoms with Crippen LogP contribution in [-0.4, -0.2) is 46.8 Å². The first-order valence-electron chi connectivity index (χ1n) is 10.1. The fourth-order valence-electron chi connectivity index (χ4n) is 4.45. The van der Waals surface area contributed by atoms with Gasteiger partial charge in [-0.05, 0) is 42.0 Å². The fourth-order valence-corrected chi connectivity index (χ4v) is 5.38. The highest BCUT2D eigenvalue weighted by Crippen LogP contribution is 2.39. The van der Waals surface area contributed by atoms with Crippen LogP contribution >= 0.6 is 22.9 Å². The molecule has 1 atom stereocenters. The van der Waals surface area contributed by atoms with E-state index in [1.807, 2.05) is 29.6 Å². The van der Waals surface area contributed by atoms with Gasteiger partial charge in [0.15, 0.2) is 0 Å². The van der Waals surface area contributed by atoms with Gasteiger partial charge in [0.05, 0.1) is 6.04 Å². The van der Waals surface area contributed by atoms with Crippen LogP contribution in [0.2, 0.25) is 5.02 Å². The van der Waals surface area contributed by atoms with Gasteiger partial charge < -0.3 is 10.2 Å². The summed E-state index contributed by atoms with van der Waals surface area (Å²) in [5, 5.41) is 5.55. The van der Waals surface area contributed by atoms with Crippen molar-refractivity contribution in [1.29, 1.82) is 0 Å². The number of amides is 4. The highest BCUT2D eigenvalue weighted by atomic mass is 35.5. The van der Waals surface area contributed by atoms with E-state index in [1.54, 1.807) is 19.2 Å². The summed E-state index contributed by atoms with van der Waals surface area (Å²) in [6.45, 7) is -0.279. The number of thiophene rings is 1. The molecule has 6 nitrogen and oxygen atoms in total. The fraction of sp³-hybridized carbons (Fsp3) is 0.409. The summed E-state index contributed by atoms with van der Waals surface area (Å²) in [7, 11) is 1.67. The lowest BCUT2D eigenvalue weighted by Gasteiger charge is -2.35. The minimum Gasteiger partial charge on any atom is -0.343 e. The van der Waals surface area contributed by atoms with Gasteiger partial charge >= 0.3 is 6.03 Å². The summed E-state index contributed by atoms with van der Waals surface area (Å²) in [5.41, 5.74) is 0.106. The van der Waals surface area contributed by atoms with Crippen molar-refractivity contribution < 1.29 is 14.4 Å². The lowest BCUT2D eigenvalue weighted by Crippen LogP contribution is -2.49. The number of halogens is 1. The molecule has 0 bridgehead atoms. The number of nitrogens with one attached hydrogen (secondary N) is 1. The summed E-state index contributed by atoms with van der Waals surface area (Å²) in [6, 6.07) is 10.4. The maximum atomic E-state index is 13.1. The number of hydrogen-bond acceptors (Lipinski definition) is 4. The zero-order chi connectivity index (χ0) is 21.3. The van der Waals surface area contributed by atoms with Gasteiger partial charge in [-0.15, -0.1) is 11.3 Å². The lowest BCUT2D eigenvalue weighted by molar-refractivity contribution is -0.137. The van der Waals surface area contributed by atoms with Crippen LogP contribution in [0.1, 0.15) is 48.6 Å². The second-order valence-electron chi connectivity index (χ2n) is 7.89. The molecular weight excluding hydrogens is 422 g/mol. The van der Waals surface area contributed by atoms with Crippen LogP contribution in [0.25, 0.3) is 0 Å². The first kappa shape index (κ1) is 20.9. The Kier molecular flexibility index (Phi) is 5.84. The largest absolute Gasteiger partial charge is 0.343 e. The molecular formula is C22H24ClN3O3S. The summed E-state index contributed by atoms with van der Waals surface area (Å²) < 4.78 is 0. The molecule has 2 aromatic rings. The van der Waals surface area contributed by atoms with Gasteiger partial charge in [0, 0.05) is 16.9 Å². The van der Waals surface area contributed by atoms with Gasteiger partial charge in [0.25, 0.3) is 5.91 Å². The highest BCUT2D eigenvalue weighted by Gasteiger charge is 2.55. The van der Waals surface area contributed by atoms with Crippen molar-refractivity contribution in [1.82, 2.24) is 15.1 Å². The molecule has 1 saturated heterocycles. The molecule has 158 valence electrons. The van der Waals surface area contributed by atoms with E-state index in [9.17, 15) is 14.4 Å². The number of urea groups is 1. The van der Waals surface area contributed by atoms with Gasteiger partial charge in [0.2, 0.25) is 5.91 Å². The van der Waals surface area contributed by atoms with Gasteiger partial charge in [-0.1, -0.05) is 49.1 Å². The zero-order valence-corrected chi connectivity index (χ0v) is 18.3. The Morgan fingerprint density at radius 3 is 2.50 bits per heavy atom. The van der Waals surface area contributed by atoms with Gasteiger partial charge in [-0.3, -0.25) is 14.5 Å². The highest BCUT2D eigenvalue weighted by molar-refractivity contribution is 7.10. The zero-order valence-electron chi connectivity index (χ0n) is 16.8. The predicted molar refractivity (Wildman–Crippen MR) is 116 cm³/mol. The molecule has 1 aromatic carbocycles. The summed E-state index contributed by atoms with van der Waals surface area (Å²) in [6.07, 6.45) is 4.23. The number of imide groups is 1. The Morgan fingerprint density at radius 1 is 1.17 bits per heavy atom. The van der Waals surface area contributed by atoms with E-state index < -0.39 is 11.6 Å². The van der Waals surface area contributed by atoms with Gasteiger partial charge in [-0.2, -0.15) is 0 Å². The summed E-state index contributed by atoms with van der Waals surface area (Å²) in [5.74, 6) is -0.615. The molecule has 1 aliphatic heterocycles. The number of rotatable bonds is 5. The van der Waals surface area contributed by atoms with Crippen LogP contribution in [0.15, 0.2) is 41.8 Å². The smallest absolute Gasteiger partial charge is 0.327 e.